The summed E-state index contributed by atoms with van der Waals surface area (Å²) < 4.78 is 0. The minimum Gasteiger partial charge on any atom is -0.315 e. The van der Waals surface area contributed by atoms with Crippen molar-refractivity contribution in [3.05, 3.63) is 0 Å². The number of nitrogens with one attached hydrogen (secondary N) is 1. The van der Waals surface area contributed by atoms with E-state index in [0.717, 1.165) is 25.9 Å². The number of carbonyl (C=O) groups is 2. The van der Waals surface area contributed by atoms with Crippen molar-refractivity contribution in [2.45, 2.75) is 67.2 Å². The smallest absolute Gasteiger partial charge is 0.143 e. The van der Waals surface area contributed by atoms with Crippen molar-refractivity contribution >= 4 is 11.6 Å². The summed E-state index contributed by atoms with van der Waals surface area (Å²) in [5.74, 6) is 2.22. The van der Waals surface area contributed by atoms with E-state index in [0.29, 0.717) is 23.4 Å². The standard InChI is InChI=1S/C22H35NO2/c1-19(2)15-7-9-21(19,5)17(24)13(15)11-23-12-14-16-8-10-22(6,18(14)25)20(16,3)4/h13-16,23H,7-12H2,1-6H3/t13-,14-,15+,16+,21+,22+/m1/s1. The molecule has 0 aromatic heterocycles. The van der Waals surface area contributed by atoms with Gasteiger partial charge in [-0.2, -0.15) is 0 Å². The fourth-order valence-electron chi connectivity index (χ4n) is 7.41. The molecule has 4 bridgehead atoms. The zero-order valence-electron chi connectivity index (χ0n) is 16.9. The number of ketones is 2. The molecule has 4 aliphatic carbocycles. The SMILES string of the molecule is CC1(C)[C@H]2CC[C@@]1(C)C(=O)[C@@H]2CNC[C@H]1C(=O)[C@]2(C)CC[C@@H]1C2(C)C. The van der Waals surface area contributed by atoms with Gasteiger partial charge in [-0.1, -0.05) is 41.5 Å². The Morgan fingerprint density at radius 3 is 1.40 bits per heavy atom. The predicted molar refractivity (Wildman–Crippen MR) is 99.1 cm³/mol. The van der Waals surface area contributed by atoms with E-state index < -0.39 is 0 Å². The molecule has 0 aromatic rings. The monoisotopic (exact) mass is 345 g/mol. The molecule has 0 aromatic carbocycles. The lowest BCUT2D eigenvalue weighted by atomic mass is 9.70. The number of hydrogen-bond acceptors (Lipinski definition) is 3. The summed E-state index contributed by atoms with van der Waals surface area (Å²) in [6, 6.07) is 0. The lowest BCUT2D eigenvalue weighted by Crippen LogP contribution is -2.40. The van der Waals surface area contributed by atoms with E-state index in [1.165, 1.54) is 12.8 Å². The summed E-state index contributed by atoms with van der Waals surface area (Å²) in [4.78, 5) is 25.9. The summed E-state index contributed by atoms with van der Waals surface area (Å²) in [6.45, 7) is 15.0. The molecule has 0 radical (unpaired) electrons. The minimum absolute atomic E-state index is 0.119. The van der Waals surface area contributed by atoms with Crippen LogP contribution in [0.25, 0.3) is 0 Å². The Morgan fingerprint density at radius 1 is 0.760 bits per heavy atom. The highest BCUT2D eigenvalue weighted by Gasteiger charge is 2.67. The molecular formula is C22H35NO2. The number of hydrogen-bond donors (Lipinski definition) is 1. The molecule has 0 spiro atoms. The van der Waals surface area contributed by atoms with Gasteiger partial charge in [-0.3, -0.25) is 9.59 Å². The summed E-state index contributed by atoms with van der Waals surface area (Å²) in [5.41, 5.74) is -0.0360. The van der Waals surface area contributed by atoms with Gasteiger partial charge in [0.1, 0.15) is 11.6 Å². The Labute approximate surface area is 152 Å². The van der Waals surface area contributed by atoms with Crippen LogP contribution in [0.1, 0.15) is 67.2 Å². The number of fused-ring (bicyclic) bond motifs is 4. The molecule has 0 amide bonds. The van der Waals surface area contributed by atoms with Gasteiger partial charge in [0.15, 0.2) is 0 Å². The minimum atomic E-state index is -0.137. The summed E-state index contributed by atoms with van der Waals surface area (Å²) in [7, 11) is 0. The van der Waals surface area contributed by atoms with Gasteiger partial charge in [0.05, 0.1) is 0 Å². The van der Waals surface area contributed by atoms with Crippen molar-refractivity contribution in [3.8, 4) is 0 Å². The van der Waals surface area contributed by atoms with Gasteiger partial charge in [-0.25, -0.2) is 0 Å². The second kappa shape index (κ2) is 4.97. The van der Waals surface area contributed by atoms with Crippen LogP contribution in [-0.4, -0.2) is 24.7 Å². The second-order valence-electron chi connectivity index (χ2n) is 11.0. The van der Waals surface area contributed by atoms with E-state index in [2.05, 4.69) is 46.9 Å². The molecule has 0 heterocycles. The van der Waals surface area contributed by atoms with Gasteiger partial charge in [-0.05, 0) is 48.3 Å². The fraction of sp³-hybridized carbons (Fsp3) is 0.909. The molecule has 4 aliphatic rings. The zero-order chi connectivity index (χ0) is 18.4. The Kier molecular flexibility index (Phi) is 3.52. The Morgan fingerprint density at radius 2 is 1.12 bits per heavy atom. The number of carbonyl (C=O) groups excluding carboxylic acids is 2. The van der Waals surface area contributed by atoms with Crippen LogP contribution >= 0.6 is 0 Å². The molecule has 1 N–H and O–H groups in total. The van der Waals surface area contributed by atoms with Crippen molar-refractivity contribution < 1.29 is 9.59 Å². The molecule has 4 saturated carbocycles. The van der Waals surface area contributed by atoms with Gasteiger partial charge in [0, 0.05) is 35.8 Å². The summed E-state index contributed by atoms with van der Waals surface area (Å²) in [6.07, 6.45) is 4.46. The molecule has 4 rings (SSSR count). The average molecular weight is 346 g/mol. The van der Waals surface area contributed by atoms with Crippen LogP contribution in [0.3, 0.4) is 0 Å². The fourth-order valence-corrected chi connectivity index (χ4v) is 7.41. The highest BCUT2D eigenvalue weighted by atomic mass is 16.1. The van der Waals surface area contributed by atoms with Crippen LogP contribution in [0.15, 0.2) is 0 Å². The van der Waals surface area contributed by atoms with Crippen LogP contribution < -0.4 is 5.32 Å². The molecule has 4 fully saturated rings. The highest BCUT2D eigenvalue weighted by Crippen LogP contribution is 2.66. The second-order valence-corrected chi connectivity index (χ2v) is 11.0. The first-order valence-corrected chi connectivity index (χ1v) is 10.3. The van der Waals surface area contributed by atoms with Crippen molar-refractivity contribution in [2.75, 3.05) is 13.1 Å². The van der Waals surface area contributed by atoms with Gasteiger partial charge in [-0.15, -0.1) is 0 Å². The first-order chi connectivity index (χ1) is 11.5. The normalized spacial score (nSPS) is 49.4. The highest BCUT2D eigenvalue weighted by molar-refractivity contribution is 5.92. The first kappa shape index (κ1) is 17.7. The quantitative estimate of drug-likeness (QED) is 0.841. The molecular weight excluding hydrogens is 310 g/mol. The van der Waals surface area contributed by atoms with Gasteiger partial charge in [0.2, 0.25) is 0 Å². The van der Waals surface area contributed by atoms with E-state index in [4.69, 9.17) is 0 Å². The summed E-state index contributed by atoms with van der Waals surface area (Å²) >= 11 is 0. The van der Waals surface area contributed by atoms with Crippen molar-refractivity contribution in [2.24, 2.45) is 45.3 Å². The molecule has 0 aliphatic heterocycles. The maximum absolute atomic E-state index is 13.0. The number of rotatable bonds is 4. The molecule has 0 saturated heterocycles. The van der Waals surface area contributed by atoms with E-state index in [9.17, 15) is 9.59 Å². The summed E-state index contributed by atoms with van der Waals surface area (Å²) in [5, 5.41) is 3.57. The Bertz CT molecular complexity index is 582. The van der Waals surface area contributed by atoms with Gasteiger partial charge < -0.3 is 5.32 Å². The van der Waals surface area contributed by atoms with E-state index >= 15 is 0 Å². The molecule has 3 heteroatoms. The molecule has 140 valence electrons. The molecule has 25 heavy (non-hydrogen) atoms. The van der Waals surface area contributed by atoms with Gasteiger partial charge in [0.25, 0.3) is 0 Å². The van der Waals surface area contributed by atoms with E-state index in [1.54, 1.807) is 0 Å². The van der Waals surface area contributed by atoms with Crippen LogP contribution in [0.2, 0.25) is 0 Å². The van der Waals surface area contributed by atoms with E-state index in [-0.39, 0.29) is 33.5 Å². The topological polar surface area (TPSA) is 46.2 Å². The van der Waals surface area contributed by atoms with Gasteiger partial charge >= 0.3 is 0 Å². The van der Waals surface area contributed by atoms with Crippen LogP contribution in [0.4, 0.5) is 0 Å². The number of Topliss-reactive ketones (excluding diaryl/α,β-unsaturated/α-hetero) is 2. The predicted octanol–water partition coefficient (Wildman–Crippen LogP) is 3.86. The van der Waals surface area contributed by atoms with Crippen LogP contribution in [0.5, 0.6) is 0 Å². The largest absolute Gasteiger partial charge is 0.315 e. The third-order valence-electron chi connectivity index (χ3n) is 10.1. The maximum atomic E-state index is 13.0. The lowest BCUT2D eigenvalue weighted by Gasteiger charge is -2.32. The Hall–Kier alpha value is -0.700. The first-order valence-electron chi connectivity index (χ1n) is 10.3. The third kappa shape index (κ3) is 1.86. The lowest BCUT2D eigenvalue weighted by molar-refractivity contribution is -0.131. The average Bonchev–Trinajstić information content (AvgIpc) is 3.01. The van der Waals surface area contributed by atoms with Crippen molar-refractivity contribution in [3.63, 3.8) is 0 Å². The molecule has 6 atom stereocenters. The molecule has 0 unspecified atom stereocenters. The van der Waals surface area contributed by atoms with Crippen LogP contribution in [-0.2, 0) is 9.59 Å². The maximum Gasteiger partial charge on any atom is 0.143 e. The van der Waals surface area contributed by atoms with E-state index in [1.807, 2.05) is 0 Å². The molecule has 3 nitrogen and oxygen atoms in total. The zero-order valence-corrected chi connectivity index (χ0v) is 16.9. The van der Waals surface area contributed by atoms with Crippen molar-refractivity contribution in [1.29, 1.82) is 0 Å². The van der Waals surface area contributed by atoms with Crippen LogP contribution in [0, 0.1) is 45.3 Å². The Balaban J connectivity index is 1.42. The van der Waals surface area contributed by atoms with Crippen molar-refractivity contribution in [1.82, 2.24) is 5.32 Å². The third-order valence-corrected chi connectivity index (χ3v) is 10.1.